The first-order valence-electron chi connectivity index (χ1n) is 9.17. The Labute approximate surface area is 170 Å². The molecule has 5 nitrogen and oxygen atoms in total. The first-order chi connectivity index (χ1) is 14.5. The number of hydrogen-bond donors (Lipinski definition) is 1. The Morgan fingerprint density at radius 2 is 1.60 bits per heavy atom. The molecule has 2 N–H and O–H groups in total. The smallest absolute Gasteiger partial charge is 0.299 e. The number of ketones is 1. The molecule has 2 heterocycles. The lowest BCUT2D eigenvalue weighted by Crippen LogP contribution is -2.15. The molecule has 146 valence electrons. The van der Waals surface area contributed by atoms with Crippen LogP contribution in [0.3, 0.4) is 0 Å². The minimum atomic E-state index is -3.28. The molecule has 0 radical (unpaired) electrons. The zero-order valence-corrected chi connectivity index (χ0v) is 15.5. The maximum Gasteiger partial charge on any atom is 0.299 e. The number of carbonyl (C=O) groups excluding carboxylic acids is 1. The summed E-state index contributed by atoms with van der Waals surface area (Å²) < 4.78 is 30.1. The quantitative estimate of drug-likeness (QED) is 0.483. The van der Waals surface area contributed by atoms with Crippen molar-refractivity contribution in [2.45, 2.75) is 5.92 Å². The van der Waals surface area contributed by atoms with Crippen molar-refractivity contribution in [3.05, 3.63) is 95.3 Å². The molecule has 0 unspecified atom stereocenters. The van der Waals surface area contributed by atoms with Crippen molar-refractivity contribution in [3.8, 4) is 22.5 Å². The van der Waals surface area contributed by atoms with Crippen LogP contribution in [0.15, 0.2) is 73.1 Å². The zero-order valence-electron chi connectivity index (χ0n) is 15.5. The summed E-state index contributed by atoms with van der Waals surface area (Å²) in [5, 5.41) is 0. The molecule has 0 saturated carbocycles. The minimum absolute atomic E-state index is 0.0299. The van der Waals surface area contributed by atoms with E-state index in [1.165, 1.54) is 36.5 Å². The largest absolute Gasteiger partial charge is 0.368 e. The van der Waals surface area contributed by atoms with Crippen molar-refractivity contribution in [1.82, 2.24) is 15.0 Å². The average molecular weight is 400 g/mol. The molecule has 1 aliphatic rings. The molecule has 30 heavy (non-hydrogen) atoms. The number of rotatable bonds is 3. The van der Waals surface area contributed by atoms with E-state index >= 15 is 8.78 Å². The molecule has 4 aromatic rings. The summed E-state index contributed by atoms with van der Waals surface area (Å²) in [6.45, 7) is 0. The second-order valence-corrected chi connectivity index (χ2v) is 6.93. The summed E-state index contributed by atoms with van der Waals surface area (Å²) in [6, 6.07) is 15.8. The number of aromatic nitrogens is 3. The molecule has 0 atom stereocenters. The molecule has 1 aliphatic carbocycles. The van der Waals surface area contributed by atoms with Gasteiger partial charge in [-0.15, -0.1) is 0 Å². The molecule has 0 amide bonds. The lowest BCUT2D eigenvalue weighted by Gasteiger charge is -2.17. The number of pyridine rings is 1. The molecule has 0 bridgehead atoms. The summed E-state index contributed by atoms with van der Waals surface area (Å²) in [5.41, 5.74) is 7.65. The van der Waals surface area contributed by atoms with Gasteiger partial charge >= 0.3 is 0 Å². The van der Waals surface area contributed by atoms with Crippen LogP contribution in [0.1, 0.15) is 27.0 Å². The highest BCUT2D eigenvalue weighted by Crippen LogP contribution is 2.43. The molecule has 0 spiro atoms. The van der Waals surface area contributed by atoms with Crippen molar-refractivity contribution in [3.63, 3.8) is 0 Å². The third-order valence-electron chi connectivity index (χ3n) is 5.11. The van der Waals surface area contributed by atoms with Crippen LogP contribution in [-0.2, 0) is 5.92 Å². The number of benzene rings is 2. The van der Waals surface area contributed by atoms with Gasteiger partial charge < -0.3 is 5.73 Å². The lowest BCUT2D eigenvalue weighted by molar-refractivity contribution is 0.0425. The van der Waals surface area contributed by atoms with Crippen LogP contribution < -0.4 is 5.73 Å². The second-order valence-electron chi connectivity index (χ2n) is 6.93. The number of nitrogen functional groups attached to an aromatic ring is 1. The number of nitrogens with zero attached hydrogens (tertiary/aromatic N) is 3. The average Bonchev–Trinajstić information content (AvgIpc) is 3.06. The van der Waals surface area contributed by atoms with Gasteiger partial charge in [-0.25, -0.2) is 9.97 Å². The Balaban J connectivity index is 1.71. The number of nitrogens with two attached hydrogens (primary N) is 1. The van der Waals surface area contributed by atoms with Crippen molar-refractivity contribution >= 4 is 11.7 Å². The maximum absolute atomic E-state index is 15.1. The fourth-order valence-corrected chi connectivity index (χ4v) is 3.68. The van der Waals surface area contributed by atoms with Crippen LogP contribution in [0.2, 0.25) is 0 Å². The van der Waals surface area contributed by atoms with E-state index in [4.69, 9.17) is 5.73 Å². The van der Waals surface area contributed by atoms with Gasteiger partial charge in [-0.05, 0) is 24.3 Å². The standard InChI is InChI=1S/C23H14F2N4O/c24-23(25,15-7-4-10-27-12-15)14-8-9-16-17(11-14)20-18(21(16)30)19(28-22(26)29-20)13-5-2-1-3-6-13/h1-12H,(H2,26,28,29). The van der Waals surface area contributed by atoms with Gasteiger partial charge in [0.25, 0.3) is 5.92 Å². The second kappa shape index (κ2) is 6.52. The van der Waals surface area contributed by atoms with Gasteiger partial charge in [0.05, 0.1) is 17.0 Å². The number of anilines is 1. The predicted molar refractivity (Wildman–Crippen MR) is 108 cm³/mol. The lowest BCUT2D eigenvalue weighted by atomic mass is 9.97. The molecule has 0 saturated heterocycles. The highest BCUT2D eigenvalue weighted by molar-refractivity contribution is 6.23. The van der Waals surface area contributed by atoms with Crippen LogP contribution in [0.5, 0.6) is 0 Å². The third-order valence-corrected chi connectivity index (χ3v) is 5.11. The third kappa shape index (κ3) is 2.67. The molecule has 5 rings (SSSR count). The summed E-state index contributed by atoms with van der Waals surface area (Å²) in [7, 11) is 0. The van der Waals surface area contributed by atoms with Crippen molar-refractivity contribution < 1.29 is 13.6 Å². The van der Waals surface area contributed by atoms with Gasteiger partial charge in [0, 0.05) is 40.2 Å². The summed E-state index contributed by atoms with van der Waals surface area (Å²) in [6.07, 6.45) is 2.56. The van der Waals surface area contributed by atoms with Crippen LogP contribution in [0, 0.1) is 0 Å². The van der Waals surface area contributed by atoms with Gasteiger partial charge in [-0.1, -0.05) is 36.4 Å². The predicted octanol–water partition coefficient (Wildman–Crippen LogP) is 4.47. The molecular formula is C23H14F2N4O. The number of hydrogen-bond acceptors (Lipinski definition) is 5. The number of alkyl halides is 2. The summed E-state index contributed by atoms with van der Waals surface area (Å²) in [5.74, 6) is -3.62. The van der Waals surface area contributed by atoms with Crippen LogP contribution >= 0.6 is 0 Å². The van der Waals surface area contributed by atoms with Crippen LogP contribution in [0.4, 0.5) is 14.7 Å². The number of halogens is 2. The Kier molecular flexibility index (Phi) is 3.92. The topological polar surface area (TPSA) is 81.8 Å². The monoisotopic (exact) mass is 400 g/mol. The highest BCUT2D eigenvalue weighted by atomic mass is 19.3. The van der Waals surface area contributed by atoms with Gasteiger partial charge in [-0.3, -0.25) is 9.78 Å². The van der Waals surface area contributed by atoms with E-state index in [1.807, 2.05) is 18.2 Å². The van der Waals surface area contributed by atoms with Gasteiger partial charge in [0.1, 0.15) is 0 Å². The van der Waals surface area contributed by atoms with Crippen molar-refractivity contribution in [2.75, 3.05) is 5.73 Å². The Hall–Kier alpha value is -4.00. The van der Waals surface area contributed by atoms with E-state index < -0.39 is 5.92 Å². The van der Waals surface area contributed by atoms with Crippen molar-refractivity contribution in [2.24, 2.45) is 0 Å². The first kappa shape index (κ1) is 18.1. The Morgan fingerprint density at radius 3 is 2.33 bits per heavy atom. The first-order valence-corrected chi connectivity index (χ1v) is 9.17. The van der Waals surface area contributed by atoms with Crippen LogP contribution in [-0.4, -0.2) is 20.7 Å². The molecular weight excluding hydrogens is 386 g/mol. The molecule has 0 fully saturated rings. The SMILES string of the molecule is Nc1nc(-c2ccccc2)c2c(n1)-c1cc(C(F)(F)c3cccnc3)ccc1C2=O. The number of fused-ring (bicyclic) bond motifs is 3. The fourth-order valence-electron chi connectivity index (χ4n) is 3.68. The van der Waals surface area contributed by atoms with Crippen molar-refractivity contribution in [1.29, 1.82) is 0 Å². The molecule has 0 aliphatic heterocycles. The molecule has 7 heteroatoms. The van der Waals surface area contributed by atoms with E-state index in [0.717, 1.165) is 6.20 Å². The van der Waals surface area contributed by atoms with E-state index in [2.05, 4.69) is 15.0 Å². The normalized spacial score (nSPS) is 12.5. The molecule has 2 aromatic carbocycles. The summed E-state index contributed by atoms with van der Waals surface area (Å²) in [4.78, 5) is 25.4. The van der Waals surface area contributed by atoms with Gasteiger partial charge in [-0.2, -0.15) is 8.78 Å². The number of carbonyl (C=O) groups is 1. The van der Waals surface area contributed by atoms with E-state index in [1.54, 1.807) is 12.1 Å². The van der Waals surface area contributed by atoms with Crippen LogP contribution in [0.25, 0.3) is 22.5 Å². The zero-order chi connectivity index (χ0) is 20.9. The Morgan fingerprint density at radius 1 is 0.833 bits per heavy atom. The van der Waals surface area contributed by atoms with E-state index in [9.17, 15) is 4.79 Å². The highest BCUT2D eigenvalue weighted by Gasteiger charge is 2.38. The Bertz CT molecular complexity index is 1290. The van der Waals surface area contributed by atoms with Gasteiger partial charge in [0.15, 0.2) is 5.78 Å². The maximum atomic E-state index is 15.1. The summed E-state index contributed by atoms with van der Waals surface area (Å²) >= 11 is 0. The molecule has 2 aromatic heterocycles. The van der Waals surface area contributed by atoms with Gasteiger partial charge in [0.2, 0.25) is 5.95 Å². The van der Waals surface area contributed by atoms with E-state index in [0.29, 0.717) is 22.4 Å². The minimum Gasteiger partial charge on any atom is -0.368 e. The fraction of sp³-hybridized carbons (Fsp3) is 0.0435. The van der Waals surface area contributed by atoms with E-state index in [-0.39, 0.29) is 34.1 Å².